The van der Waals surface area contributed by atoms with Gasteiger partial charge in [0.15, 0.2) is 0 Å². The fourth-order valence-electron chi connectivity index (χ4n) is 2.01. The number of benzene rings is 1. The molecule has 1 aromatic heterocycles. The lowest BCUT2D eigenvalue weighted by molar-refractivity contribution is 0.340. The third-order valence-electron chi connectivity index (χ3n) is 3.02. The van der Waals surface area contributed by atoms with Crippen molar-refractivity contribution in [3.05, 3.63) is 47.8 Å². The van der Waals surface area contributed by atoms with E-state index in [2.05, 4.69) is 28.6 Å². The van der Waals surface area contributed by atoms with E-state index >= 15 is 0 Å². The summed E-state index contributed by atoms with van der Waals surface area (Å²) in [4.78, 5) is 0. The molecule has 0 radical (unpaired) electrons. The van der Waals surface area contributed by atoms with Crippen LogP contribution >= 0.6 is 0 Å². The Balaban J connectivity index is 1.76. The molecule has 4 nitrogen and oxygen atoms in total. The van der Waals surface area contributed by atoms with Gasteiger partial charge in [0.1, 0.15) is 5.75 Å². The maximum atomic E-state index is 5.49. The van der Waals surface area contributed by atoms with Crippen LogP contribution in [0.2, 0.25) is 0 Å². The average Bonchev–Trinajstić information content (AvgIpc) is 2.81. The number of aryl methyl sites for hydroxylation is 1. The Kier molecular flexibility index (Phi) is 4.98. The molecule has 0 aliphatic carbocycles. The summed E-state index contributed by atoms with van der Waals surface area (Å²) in [5.41, 5.74) is 2.49. The molecule has 102 valence electrons. The van der Waals surface area contributed by atoms with Crippen molar-refractivity contribution < 1.29 is 4.74 Å². The van der Waals surface area contributed by atoms with Crippen LogP contribution in [0.5, 0.6) is 5.75 Å². The monoisotopic (exact) mass is 259 g/mol. The van der Waals surface area contributed by atoms with Crippen LogP contribution in [-0.2, 0) is 20.0 Å². The predicted octanol–water partition coefficient (Wildman–Crippen LogP) is 2.15. The third kappa shape index (κ3) is 4.10. The zero-order chi connectivity index (χ0) is 13.5. The zero-order valence-electron chi connectivity index (χ0n) is 11.6. The fraction of sp³-hybridized carbons (Fsp3) is 0.400. The summed E-state index contributed by atoms with van der Waals surface area (Å²) in [7, 11) is 1.97. The van der Waals surface area contributed by atoms with Crippen molar-refractivity contribution in [2.75, 3.05) is 13.2 Å². The first-order chi connectivity index (χ1) is 9.29. The summed E-state index contributed by atoms with van der Waals surface area (Å²) in [6, 6.07) is 10.3. The van der Waals surface area contributed by atoms with Gasteiger partial charge in [-0.1, -0.05) is 12.1 Å². The topological polar surface area (TPSA) is 39.1 Å². The number of hydrogen-bond donors (Lipinski definition) is 1. The van der Waals surface area contributed by atoms with Gasteiger partial charge in [-0.2, -0.15) is 5.10 Å². The van der Waals surface area contributed by atoms with E-state index in [0.29, 0.717) is 6.61 Å². The first-order valence-electron chi connectivity index (χ1n) is 6.69. The molecule has 0 aliphatic rings. The average molecular weight is 259 g/mol. The summed E-state index contributed by atoms with van der Waals surface area (Å²) in [6.45, 7) is 4.51. The van der Waals surface area contributed by atoms with E-state index in [9.17, 15) is 0 Å². The van der Waals surface area contributed by atoms with Crippen molar-refractivity contribution in [2.24, 2.45) is 7.05 Å². The standard InChI is InChI=1S/C15H21N3O/c1-3-19-15-6-4-5-13(11-15)12-16-9-7-14-8-10-17-18(14)2/h4-6,8,10-11,16H,3,7,9,12H2,1-2H3. The third-order valence-corrected chi connectivity index (χ3v) is 3.02. The Morgan fingerprint density at radius 2 is 2.21 bits per heavy atom. The van der Waals surface area contributed by atoms with Gasteiger partial charge in [0.2, 0.25) is 0 Å². The first-order valence-corrected chi connectivity index (χ1v) is 6.69. The Morgan fingerprint density at radius 3 is 2.95 bits per heavy atom. The number of nitrogens with one attached hydrogen (secondary N) is 1. The van der Waals surface area contributed by atoms with Gasteiger partial charge in [0, 0.05) is 38.4 Å². The van der Waals surface area contributed by atoms with Gasteiger partial charge in [-0.15, -0.1) is 0 Å². The van der Waals surface area contributed by atoms with Crippen LogP contribution in [0.3, 0.4) is 0 Å². The zero-order valence-corrected chi connectivity index (χ0v) is 11.6. The minimum Gasteiger partial charge on any atom is -0.494 e. The summed E-state index contributed by atoms with van der Waals surface area (Å²) >= 11 is 0. The molecule has 1 aromatic carbocycles. The van der Waals surface area contributed by atoms with E-state index in [-0.39, 0.29) is 0 Å². The van der Waals surface area contributed by atoms with Crippen LogP contribution in [-0.4, -0.2) is 22.9 Å². The van der Waals surface area contributed by atoms with Crippen molar-refractivity contribution in [1.82, 2.24) is 15.1 Å². The van der Waals surface area contributed by atoms with E-state index in [0.717, 1.165) is 25.3 Å². The summed E-state index contributed by atoms with van der Waals surface area (Å²) in [6.07, 6.45) is 2.82. The Morgan fingerprint density at radius 1 is 1.32 bits per heavy atom. The maximum Gasteiger partial charge on any atom is 0.119 e. The minimum absolute atomic E-state index is 0.706. The van der Waals surface area contributed by atoms with E-state index < -0.39 is 0 Å². The Bertz CT molecular complexity index is 508. The second-order valence-corrected chi connectivity index (χ2v) is 4.45. The van der Waals surface area contributed by atoms with Crippen molar-refractivity contribution >= 4 is 0 Å². The molecular weight excluding hydrogens is 238 g/mol. The number of rotatable bonds is 7. The van der Waals surface area contributed by atoms with Crippen molar-refractivity contribution in [3.8, 4) is 5.75 Å². The number of hydrogen-bond acceptors (Lipinski definition) is 3. The number of ether oxygens (including phenoxy) is 1. The van der Waals surface area contributed by atoms with E-state index in [4.69, 9.17) is 4.74 Å². The van der Waals surface area contributed by atoms with Crippen LogP contribution < -0.4 is 10.1 Å². The Labute approximate surface area is 114 Å². The van der Waals surface area contributed by atoms with Crippen molar-refractivity contribution in [1.29, 1.82) is 0 Å². The highest BCUT2D eigenvalue weighted by Gasteiger charge is 1.99. The second-order valence-electron chi connectivity index (χ2n) is 4.45. The molecule has 2 aromatic rings. The quantitative estimate of drug-likeness (QED) is 0.774. The number of aromatic nitrogens is 2. The fourth-order valence-corrected chi connectivity index (χ4v) is 2.01. The molecule has 0 aliphatic heterocycles. The molecular formula is C15H21N3O. The highest BCUT2D eigenvalue weighted by Crippen LogP contribution is 2.12. The predicted molar refractivity (Wildman–Crippen MR) is 76.2 cm³/mol. The van der Waals surface area contributed by atoms with Gasteiger partial charge in [-0.05, 0) is 30.7 Å². The summed E-state index contributed by atoms with van der Waals surface area (Å²) < 4.78 is 7.40. The SMILES string of the molecule is CCOc1cccc(CNCCc2ccnn2C)c1. The molecule has 0 fully saturated rings. The lowest BCUT2D eigenvalue weighted by Crippen LogP contribution is -2.17. The Hall–Kier alpha value is -1.81. The van der Waals surface area contributed by atoms with Crippen LogP contribution in [0.25, 0.3) is 0 Å². The summed E-state index contributed by atoms with van der Waals surface area (Å²) in [5, 5.41) is 7.60. The molecule has 0 bridgehead atoms. The number of nitrogens with zero attached hydrogens (tertiary/aromatic N) is 2. The largest absolute Gasteiger partial charge is 0.494 e. The maximum absolute atomic E-state index is 5.49. The molecule has 0 spiro atoms. The van der Waals surface area contributed by atoms with Gasteiger partial charge in [-0.25, -0.2) is 0 Å². The van der Waals surface area contributed by atoms with Gasteiger partial charge in [0.05, 0.1) is 6.61 Å². The molecule has 1 N–H and O–H groups in total. The van der Waals surface area contributed by atoms with Crippen LogP contribution in [0.15, 0.2) is 36.5 Å². The molecule has 0 saturated heterocycles. The van der Waals surface area contributed by atoms with Gasteiger partial charge in [-0.3, -0.25) is 4.68 Å². The molecule has 19 heavy (non-hydrogen) atoms. The van der Waals surface area contributed by atoms with Crippen LogP contribution in [0.4, 0.5) is 0 Å². The highest BCUT2D eigenvalue weighted by atomic mass is 16.5. The van der Waals surface area contributed by atoms with E-state index in [1.54, 1.807) is 0 Å². The van der Waals surface area contributed by atoms with Gasteiger partial charge < -0.3 is 10.1 Å². The van der Waals surface area contributed by atoms with Gasteiger partial charge >= 0.3 is 0 Å². The molecule has 0 saturated carbocycles. The smallest absolute Gasteiger partial charge is 0.119 e. The second kappa shape index (κ2) is 6.95. The highest BCUT2D eigenvalue weighted by molar-refractivity contribution is 5.28. The van der Waals surface area contributed by atoms with E-state index in [1.165, 1.54) is 11.3 Å². The lowest BCUT2D eigenvalue weighted by Gasteiger charge is -2.08. The first kappa shape index (κ1) is 13.6. The summed E-state index contributed by atoms with van der Waals surface area (Å²) in [5.74, 6) is 0.938. The molecule has 2 rings (SSSR count). The van der Waals surface area contributed by atoms with Crippen molar-refractivity contribution in [2.45, 2.75) is 19.9 Å². The van der Waals surface area contributed by atoms with Crippen molar-refractivity contribution in [3.63, 3.8) is 0 Å². The molecule has 0 unspecified atom stereocenters. The molecule has 0 amide bonds. The lowest BCUT2D eigenvalue weighted by atomic mass is 10.2. The van der Waals surface area contributed by atoms with Gasteiger partial charge in [0.25, 0.3) is 0 Å². The van der Waals surface area contributed by atoms with Crippen LogP contribution in [0, 0.1) is 0 Å². The molecule has 1 heterocycles. The van der Waals surface area contributed by atoms with Crippen LogP contribution in [0.1, 0.15) is 18.2 Å². The van der Waals surface area contributed by atoms with E-state index in [1.807, 2.05) is 37.0 Å². The molecule has 4 heteroatoms. The molecule has 0 atom stereocenters. The minimum atomic E-state index is 0.706. The normalized spacial score (nSPS) is 10.6.